The summed E-state index contributed by atoms with van der Waals surface area (Å²) in [6.07, 6.45) is 10.8. The highest BCUT2D eigenvalue weighted by Crippen LogP contribution is 2.25. The minimum absolute atomic E-state index is 0.145. The number of hydrogen-bond donors (Lipinski definition) is 1. The molecule has 0 atom stereocenters. The molecule has 5 nitrogen and oxygen atoms in total. The highest BCUT2D eigenvalue weighted by molar-refractivity contribution is 5.93. The number of carbonyl (C=O) groups is 1. The van der Waals surface area contributed by atoms with Crippen molar-refractivity contribution in [2.75, 3.05) is 5.32 Å². The van der Waals surface area contributed by atoms with Crippen molar-refractivity contribution in [2.24, 2.45) is 0 Å². The topological polar surface area (TPSA) is 72.2 Å². The van der Waals surface area contributed by atoms with E-state index >= 15 is 0 Å². The second-order valence-electron chi connectivity index (χ2n) is 4.85. The fraction of sp³-hybridized carbons (Fsp3) is 0.438. The fourth-order valence-corrected chi connectivity index (χ4v) is 1.99. The molecule has 1 rings (SSSR count). The first-order valence-electron chi connectivity index (χ1n) is 7.13. The van der Waals surface area contributed by atoms with E-state index in [1.807, 2.05) is 0 Å². The molecule has 0 bridgehead atoms. The highest BCUT2D eigenvalue weighted by atomic mass is 16.6. The first-order valence-corrected chi connectivity index (χ1v) is 7.13. The van der Waals surface area contributed by atoms with Crippen LogP contribution in [0, 0.1) is 22.5 Å². The summed E-state index contributed by atoms with van der Waals surface area (Å²) < 4.78 is 0. The molecule has 0 aliphatic carbocycles. The van der Waals surface area contributed by atoms with Gasteiger partial charge in [-0.05, 0) is 18.6 Å². The Morgan fingerprint density at radius 3 is 2.67 bits per heavy atom. The van der Waals surface area contributed by atoms with Crippen molar-refractivity contribution in [3.8, 4) is 12.3 Å². The number of nitrogens with zero attached hydrogens (tertiary/aromatic N) is 1. The second-order valence-corrected chi connectivity index (χ2v) is 4.85. The Balaban J connectivity index is 2.62. The summed E-state index contributed by atoms with van der Waals surface area (Å²) in [6.45, 7) is 2.13. The lowest BCUT2D eigenvalue weighted by Gasteiger charge is -2.06. The van der Waals surface area contributed by atoms with Gasteiger partial charge in [0.25, 0.3) is 5.69 Å². The third-order valence-electron chi connectivity index (χ3n) is 3.14. The number of amides is 1. The molecule has 0 saturated heterocycles. The van der Waals surface area contributed by atoms with Crippen molar-refractivity contribution in [3.05, 3.63) is 33.9 Å². The number of hydrogen-bond acceptors (Lipinski definition) is 3. The van der Waals surface area contributed by atoms with E-state index in [1.165, 1.54) is 18.2 Å². The fourth-order valence-electron chi connectivity index (χ4n) is 1.99. The predicted octanol–water partition coefficient (Wildman–Crippen LogP) is 3.88. The van der Waals surface area contributed by atoms with Crippen LogP contribution in [0.5, 0.6) is 0 Å². The van der Waals surface area contributed by atoms with Crippen LogP contribution in [0.25, 0.3) is 0 Å². The van der Waals surface area contributed by atoms with E-state index in [0.717, 1.165) is 32.1 Å². The molecule has 1 aromatic carbocycles. The molecule has 1 amide bonds. The SMILES string of the molecule is C#Cc1ccc([N+](=O)[O-])c(NC(=O)CCCCCCC)c1. The van der Waals surface area contributed by atoms with E-state index in [4.69, 9.17) is 6.42 Å². The predicted molar refractivity (Wildman–Crippen MR) is 83.0 cm³/mol. The maximum atomic E-state index is 11.8. The molecular formula is C16H20N2O3. The van der Waals surface area contributed by atoms with Gasteiger partial charge in [-0.2, -0.15) is 0 Å². The third kappa shape index (κ3) is 5.65. The van der Waals surface area contributed by atoms with Crippen LogP contribution in [0.3, 0.4) is 0 Å². The molecule has 0 aliphatic rings. The average molecular weight is 288 g/mol. The van der Waals surface area contributed by atoms with Crippen molar-refractivity contribution in [3.63, 3.8) is 0 Å². The average Bonchev–Trinajstić information content (AvgIpc) is 2.46. The molecule has 1 aromatic rings. The Morgan fingerprint density at radius 2 is 2.05 bits per heavy atom. The molecule has 0 radical (unpaired) electrons. The van der Waals surface area contributed by atoms with Crippen molar-refractivity contribution in [1.82, 2.24) is 0 Å². The lowest BCUT2D eigenvalue weighted by atomic mass is 10.1. The molecular weight excluding hydrogens is 268 g/mol. The van der Waals surface area contributed by atoms with Crippen LogP contribution in [-0.4, -0.2) is 10.8 Å². The van der Waals surface area contributed by atoms with Crippen molar-refractivity contribution in [2.45, 2.75) is 45.4 Å². The van der Waals surface area contributed by atoms with E-state index < -0.39 is 4.92 Å². The number of rotatable bonds is 8. The maximum absolute atomic E-state index is 11.8. The molecule has 1 N–H and O–H groups in total. The van der Waals surface area contributed by atoms with Gasteiger partial charge in [-0.3, -0.25) is 14.9 Å². The van der Waals surface area contributed by atoms with E-state index in [2.05, 4.69) is 18.2 Å². The number of anilines is 1. The Kier molecular flexibility index (Phi) is 6.96. The van der Waals surface area contributed by atoms with Crippen LogP contribution in [0.4, 0.5) is 11.4 Å². The zero-order valence-electron chi connectivity index (χ0n) is 12.2. The van der Waals surface area contributed by atoms with E-state index in [0.29, 0.717) is 12.0 Å². The van der Waals surface area contributed by atoms with Gasteiger partial charge in [0, 0.05) is 18.1 Å². The molecule has 5 heteroatoms. The van der Waals surface area contributed by atoms with Gasteiger partial charge in [0.2, 0.25) is 5.91 Å². The van der Waals surface area contributed by atoms with Gasteiger partial charge in [0.05, 0.1) is 4.92 Å². The molecule has 0 heterocycles. The monoisotopic (exact) mass is 288 g/mol. The molecule has 0 saturated carbocycles. The summed E-state index contributed by atoms with van der Waals surface area (Å²) in [5, 5.41) is 13.5. The van der Waals surface area contributed by atoms with Gasteiger partial charge in [-0.25, -0.2) is 0 Å². The molecule has 0 aromatic heterocycles. The zero-order valence-corrected chi connectivity index (χ0v) is 12.2. The Hall–Kier alpha value is -2.35. The van der Waals surface area contributed by atoms with Crippen LogP contribution in [0.15, 0.2) is 18.2 Å². The van der Waals surface area contributed by atoms with Gasteiger partial charge < -0.3 is 5.32 Å². The van der Waals surface area contributed by atoms with Gasteiger partial charge in [-0.1, -0.05) is 38.5 Å². The van der Waals surface area contributed by atoms with Crippen molar-refractivity contribution >= 4 is 17.3 Å². The van der Waals surface area contributed by atoms with Crippen molar-refractivity contribution < 1.29 is 9.72 Å². The minimum atomic E-state index is -0.531. The van der Waals surface area contributed by atoms with Gasteiger partial charge in [0.1, 0.15) is 5.69 Å². The molecule has 112 valence electrons. The summed E-state index contributed by atoms with van der Waals surface area (Å²) in [7, 11) is 0. The number of nitro groups is 1. The maximum Gasteiger partial charge on any atom is 0.292 e. The normalized spacial score (nSPS) is 9.90. The Labute approximate surface area is 124 Å². The summed E-state index contributed by atoms with van der Waals surface area (Å²) in [5.41, 5.74) is 0.515. The molecule has 0 aliphatic heterocycles. The first kappa shape index (κ1) is 16.7. The largest absolute Gasteiger partial charge is 0.320 e. The van der Waals surface area contributed by atoms with Crippen LogP contribution in [0.1, 0.15) is 51.0 Å². The van der Waals surface area contributed by atoms with Crippen molar-refractivity contribution in [1.29, 1.82) is 0 Å². The third-order valence-corrected chi connectivity index (χ3v) is 3.14. The van der Waals surface area contributed by atoms with Gasteiger partial charge >= 0.3 is 0 Å². The lowest BCUT2D eigenvalue weighted by Crippen LogP contribution is -2.12. The van der Waals surface area contributed by atoms with E-state index in [9.17, 15) is 14.9 Å². The number of benzene rings is 1. The molecule has 0 unspecified atom stereocenters. The molecule has 0 spiro atoms. The van der Waals surface area contributed by atoms with Gasteiger partial charge in [-0.15, -0.1) is 6.42 Å². The van der Waals surface area contributed by atoms with Crippen LogP contribution in [0.2, 0.25) is 0 Å². The Morgan fingerprint density at radius 1 is 1.33 bits per heavy atom. The number of nitro benzene ring substituents is 1. The summed E-state index contributed by atoms with van der Waals surface area (Å²) in [4.78, 5) is 22.2. The standard InChI is InChI=1S/C16H20N2O3/c1-3-5-6-7-8-9-16(19)17-14-12-13(4-2)10-11-15(14)18(20)21/h2,10-12H,3,5-9H2,1H3,(H,17,19). The summed E-state index contributed by atoms with van der Waals surface area (Å²) >= 11 is 0. The summed E-state index contributed by atoms with van der Waals surface area (Å²) in [5.74, 6) is 2.18. The lowest BCUT2D eigenvalue weighted by molar-refractivity contribution is -0.383. The smallest absolute Gasteiger partial charge is 0.292 e. The van der Waals surface area contributed by atoms with Crippen LogP contribution < -0.4 is 5.32 Å². The number of carbonyl (C=O) groups excluding carboxylic acids is 1. The minimum Gasteiger partial charge on any atom is -0.320 e. The van der Waals surface area contributed by atoms with Crippen LogP contribution >= 0.6 is 0 Å². The zero-order chi connectivity index (χ0) is 15.7. The number of terminal acetylenes is 1. The molecule has 21 heavy (non-hydrogen) atoms. The van der Waals surface area contributed by atoms with Crippen LogP contribution in [-0.2, 0) is 4.79 Å². The molecule has 0 fully saturated rings. The summed E-state index contributed by atoms with van der Waals surface area (Å²) in [6, 6.07) is 4.25. The second kappa shape index (κ2) is 8.75. The Bertz CT molecular complexity index is 547. The highest BCUT2D eigenvalue weighted by Gasteiger charge is 2.15. The van der Waals surface area contributed by atoms with E-state index in [-0.39, 0.29) is 17.3 Å². The number of unbranched alkanes of at least 4 members (excludes halogenated alkanes) is 4. The quantitative estimate of drug-likeness (QED) is 0.341. The first-order chi connectivity index (χ1) is 10.1. The van der Waals surface area contributed by atoms with E-state index in [1.54, 1.807) is 0 Å². The number of nitrogens with one attached hydrogen (secondary N) is 1. The van der Waals surface area contributed by atoms with Gasteiger partial charge in [0.15, 0.2) is 0 Å².